The number of aliphatic hydroxyl groups excluding tert-OH is 2. The van der Waals surface area contributed by atoms with Crippen LogP contribution in [0.2, 0.25) is 0 Å². The van der Waals surface area contributed by atoms with Crippen molar-refractivity contribution in [3.05, 3.63) is 0 Å². The predicted octanol–water partition coefficient (Wildman–Crippen LogP) is 0.247. The largest absolute Gasteiger partial charge is 0.396 e. The molecule has 0 aromatic carbocycles. The van der Waals surface area contributed by atoms with Crippen molar-refractivity contribution in [3.63, 3.8) is 0 Å². The Kier molecular flexibility index (Phi) is 6.37. The molecule has 0 amide bonds. The fourth-order valence-corrected chi connectivity index (χ4v) is 2.55. The second-order valence-corrected chi connectivity index (χ2v) is 4.58. The van der Waals surface area contributed by atoms with E-state index < -0.39 is 6.29 Å². The Bertz CT molecular complexity index is 207. The molecule has 0 aromatic heterocycles. The summed E-state index contributed by atoms with van der Waals surface area (Å²) >= 11 is 0. The molecule has 5 atom stereocenters. The molecule has 0 unspecified atom stereocenters. The van der Waals surface area contributed by atoms with Crippen LogP contribution in [0.1, 0.15) is 13.3 Å². The molecular weight excluding hydrogens is 224 g/mol. The monoisotopic (exact) mass is 248 g/mol. The van der Waals surface area contributed by atoms with Gasteiger partial charge in [-0.3, -0.25) is 0 Å². The number of methoxy groups -OCH3 is 2. The van der Waals surface area contributed by atoms with Gasteiger partial charge >= 0.3 is 0 Å². The Balaban J connectivity index is 2.75. The lowest BCUT2D eigenvalue weighted by Gasteiger charge is -2.26. The van der Waals surface area contributed by atoms with E-state index in [9.17, 15) is 10.2 Å². The first kappa shape index (κ1) is 14.9. The second kappa shape index (κ2) is 7.28. The Hall–Kier alpha value is -0.200. The molecule has 2 N–H and O–H groups in total. The molecule has 1 aliphatic rings. The zero-order valence-corrected chi connectivity index (χ0v) is 10.8. The third-order valence-corrected chi connectivity index (χ3v) is 3.58. The summed E-state index contributed by atoms with van der Waals surface area (Å²) in [6.07, 6.45) is -0.186. The third kappa shape index (κ3) is 3.39. The molecule has 0 bridgehead atoms. The lowest BCUT2D eigenvalue weighted by Crippen LogP contribution is -2.34. The highest BCUT2D eigenvalue weighted by molar-refractivity contribution is 4.89. The van der Waals surface area contributed by atoms with Gasteiger partial charge < -0.3 is 24.4 Å². The van der Waals surface area contributed by atoms with Gasteiger partial charge in [0, 0.05) is 38.6 Å². The Morgan fingerprint density at radius 1 is 1.18 bits per heavy atom. The topological polar surface area (TPSA) is 68.2 Å². The molecule has 1 heterocycles. The van der Waals surface area contributed by atoms with Gasteiger partial charge in [0.25, 0.3) is 0 Å². The van der Waals surface area contributed by atoms with Crippen LogP contribution in [0.3, 0.4) is 0 Å². The molecule has 0 radical (unpaired) electrons. The lowest BCUT2D eigenvalue weighted by atomic mass is 9.84. The van der Waals surface area contributed by atoms with Crippen molar-refractivity contribution in [2.45, 2.75) is 25.7 Å². The van der Waals surface area contributed by atoms with Crippen molar-refractivity contribution in [2.75, 3.05) is 34.0 Å². The average Bonchev–Trinajstić information content (AvgIpc) is 2.61. The predicted molar refractivity (Wildman–Crippen MR) is 62.5 cm³/mol. The van der Waals surface area contributed by atoms with E-state index in [2.05, 4.69) is 0 Å². The summed E-state index contributed by atoms with van der Waals surface area (Å²) in [5, 5.41) is 19.2. The van der Waals surface area contributed by atoms with Gasteiger partial charge in [-0.1, -0.05) is 6.92 Å². The molecular formula is C12H24O5. The van der Waals surface area contributed by atoms with Crippen molar-refractivity contribution < 1.29 is 24.4 Å². The van der Waals surface area contributed by atoms with Crippen LogP contribution in [-0.4, -0.2) is 56.6 Å². The minimum absolute atomic E-state index is 0.0339. The minimum Gasteiger partial charge on any atom is -0.396 e. The van der Waals surface area contributed by atoms with Gasteiger partial charge in [0.05, 0.1) is 19.3 Å². The molecule has 1 aliphatic heterocycles. The number of rotatable bonds is 7. The Morgan fingerprint density at radius 3 is 2.24 bits per heavy atom. The first-order valence-electron chi connectivity index (χ1n) is 6.11. The van der Waals surface area contributed by atoms with Crippen molar-refractivity contribution in [1.29, 1.82) is 0 Å². The standard InChI is InChI=1S/C12H24O5/c1-4-8(5-13)11-9(6-15-2)10(7-16-3)12(14)17-11/h8-14H,4-7H2,1-3H3/t8-,9-,10+,11+,12+/m0/s1. The van der Waals surface area contributed by atoms with Gasteiger partial charge in [-0.25, -0.2) is 0 Å². The Morgan fingerprint density at radius 2 is 1.76 bits per heavy atom. The van der Waals surface area contributed by atoms with Gasteiger partial charge in [-0.05, 0) is 6.42 Å². The van der Waals surface area contributed by atoms with Crippen LogP contribution in [0.15, 0.2) is 0 Å². The fourth-order valence-electron chi connectivity index (χ4n) is 2.55. The van der Waals surface area contributed by atoms with E-state index in [1.165, 1.54) is 0 Å². The highest BCUT2D eigenvalue weighted by atomic mass is 16.6. The van der Waals surface area contributed by atoms with Gasteiger partial charge in [0.1, 0.15) is 0 Å². The summed E-state index contributed by atoms with van der Waals surface area (Å²) < 4.78 is 15.9. The molecule has 0 spiro atoms. The van der Waals surface area contributed by atoms with E-state index in [0.29, 0.717) is 13.2 Å². The maximum Gasteiger partial charge on any atom is 0.160 e. The van der Waals surface area contributed by atoms with Gasteiger partial charge in [0.2, 0.25) is 0 Å². The SMILES string of the molecule is CC[C@@H](CO)[C@H]1O[C@@H](O)[C@H](COC)[C@@H]1COC. The van der Waals surface area contributed by atoms with Crippen molar-refractivity contribution in [3.8, 4) is 0 Å². The minimum atomic E-state index is -0.833. The highest BCUT2D eigenvalue weighted by Crippen LogP contribution is 2.36. The molecule has 5 nitrogen and oxygen atoms in total. The summed E-state index contributed by atoms with van der Waals surface area (Å²) in [5.74, 6) is 0.00394. The van der Waals surface area contributed by atoms with Crippen molar-refractivity contribution in [1.82, 2.24) is 0 Å². The maximum absolute atomic E-state index is 9.89. The number of hydrogen-bond acceptors (Lipinski definition) is 5. The van der Waals surface area contributed by atoms with Crippen LogP contribution >= 0.6 is 0 Å². The first-order chi connectivity index (χ1) is 8.19. The van der Waals surface area contributed by atoms with Crippen LogP contribution in [0.4, 0.5) is 0 Å². The van der Waals surface area contributed by atoms with Gasteiger partial charge in [-0.2, -0.15) is 0 Å². The number of aliphatic hydroxyl groups is 2. The summed E-state index contributed by atoms with van der Waals surface area (Å²) in [6, 6.07) is 0. The normalized spacial score (nSPS) is 35.1. The van der Waals surface area contributed by atoms with Gasteiger partial charge in [-0.15, -0.1) is 0 Å². The molecule has 1 rings (SSSR count). The van der Waals surface area contributed by atoms with Crippen molar-refractivity contribution >= 4 is 0 Å². The molecule has 5 heteroatoms. The van der Waals surface area contributed by atoms with Crippen LogP contribution in [0, 0.1) is 17.8 Å². The van der Waals surface area contributed by atoms with E-state index in [4.69, 9.17) is 14.2 Å². The zero-order chi connectivity index (χ0) is 12.8. The zero-order valence-electron chi connectivity index (χ0n) is 10.8. The average molecular weight is 248 g/mol. The van der Waals surface area contributed by atoms with Crippen LogP contribution in [0.5, 0.6) is 0 Å². The summed E-state index contributed by atoms with van der Waals surface area (Å²) in [5.41, 5.74) is 0. The van der Waals surface area contributed by atoms with E-state index >= 15 is 0 Å². The highest BCUT2D eigenvalue weighted by Gasteiger charge is 2.46. The molecule has 17 heavy (non-hydrogen) atoms. The summed E-state index contributed by atoms with van der Waals surface area (Å²) in [6.45, 7) is 3.01. The van der Waals surface area contributed by atoms with E-state index in [0.717, 1.165) is 6.42 Å². The first-order valence-corrected chi connectivity index (χ1v) is 6.11. The maximum atomic E-state index is 9.89. The van der Waals surface area contributed by atoms with Crippen LogP contribution in [-0.2, 0) is 14.2 Å². The van der Waals surface area contributed by atoms with Crippen LogP contribution < -0.4 is 0 Å². The van der Waals surface area contributed by atoms with E-state index in [1.807, 2.05) is 6.92 Å². The summed E-state index contributed by atoms with van der Waals surface area (Å²) in [4.78, 5) is 0. The molecule has 0 aliphatic carbocycles. The Labute approximate surface area is 103 Å². The molecule has 1 saturated heterocycles. The molecule has 1 fully saturated rings. The lowest BCUT2D eigenvalue weighted by molar-refractivity contribution is -0.130. The van der Waals surface area contributed by atoms with Gasteiger partial charge in [0.15, 0.2) is 6.29 Å². The molecule has 0 saturated carbocycles. The van der Waals surface area contributed by atoms with E-state index in [1.54, 1.807) is 14.2 Å². The number of hydrogen-bond donors (Lipinski definition) is 2. The fraction of sp³-hybridized carbons (Fsp3) is 1.00. The number of ether oxygens (including phenoxy) is 3. The molecule has 0 aromatic rings. The van der Waals surface area contributed by atoms with Crippen molar-refractivity contribution in [2.24, 2.45) is 17.8 Å². The second-order valence-electron chi connectivity index (χ2n) is 4.58. The van der Waals surface area contributed by atoms with E-state index in [-0.39, 0.29) is 30.5 Å². The smallest absolute Gasteiger partial charge is 0.160 e. The third-order valence-electron chi connectivity index (χ3n) is 3.58. The molecule has 102 valence electrons. The quantitative estimate of drug-likeness (QED) is 0.676. The summed E-state index contributed by atoms with van der Waals surface area (Å²) in [7, 11) is 3.23. The van der Waals surface area contributed by atoms with Crippen LogP contribution in [0.25, 0.3) is 0 Å².